The molecule has 0 saturated carbocycles. The number of urea groups is 1. The Morgan fingerprint density at radius 2 is 2.10 bits per heavy atom. The van der Waals surface area contributed by atoms with Crippen molar-refractivity contribution in [3.8, 4) is 11.4 Å². The van der Waals surface area contributed by atoms with E-state index in [1.54, 1.807) is 25.4 Å². The number of nitrogens with one attached hydrogen (secondary N) is 1. The van der Waals surface area contributed by atoms with Gasteiger partial charge in [0.25, 0.3) is 0 Å². The second kappa shape index (κ2) is 7.71. The molecule has 1 aromatic heterocycles. The monoisotopic (exact) mass is 430 g/mol. The maximum absolute atomic E-state index is 12.9. The number of imidazole rings is 1. The second-order valence-electron chi connectivity index (χ2n) is 7.16. The summed E-state index contributed by atoms with van der Waals surface area (Å²) in [7, 11) is 3.56. The lowest BCUT2D eigenvalue weighted by Crippen LogP contribution is -2.38. The number of aliphatic hydroxyl groups is 1. The molecule has 2 aromatic carbocycles. The third kappa shape index (κ3) is 3.71. The highest BCUT2D eigenvalue weighted by Crippen LogP contribution is 2.41. The normalized spacial score (nSPS) is 17.8. The molecule has 0 bridgehead atoms. The van der Waals surface area contributed by atoms with E-state index >= 15 is 0 Å². The molecule has 2 N–H and O–H groups in total. The molecule has 0 saturated heterocycles. The molecular weight excluding hydrogens is 411 g/mol. The van der Waals surface area contributed by atoms with Crippen molar-refractivity contribution in [3.63, 3.8) is 0 Å². The van der Waals surface area contributed by atoms with Gasteiger partial charge in [-0.25, -0.2) is 9.78 Å². The van der Waals surface area contributed by atoms with E-state index in [9.17, 15) is 9.90 Å². The number of halogens is 2. The molecule has 29 heavy (non-hydrogen) atoms. The minimum atomic E-state index is -0.754. The summed E-state index contributed by atoms with van der Waals surface area (Å²) in [4.78, 5) is 18.7. The van der Waals surface area contributed by atoms with Crippen LogP contribution in [-0.4, -0.2) is 38.7 Å². The lowest BCUT2D eigenvalue weighted by atomic mass is 10.1. The third-order valence-electron chi connectivity index (χ3n) is 5.22. The number of carbonyl (C=O) groups is 1. The SMILES string of the molecule is CN(C(=O)Nc1cccc(-c2nccn2C)c1)C1c2cc(Cl)cc(Cl)c2CC1O. The molecule has 2 amide bonds. The quantitative estimate of drug-likeness (QED) is 0.641. The van der Waals surface area contributed by atoms with Gasteiger partial charge in [0.2, 0.25) is 0 Å². The van der Waals surface area contributed by atoms with Crippen molar-refractivity contribution >= 4 is 34.9 Å². The highest BCUT2D eigenvalue weighted by Gasteiger charge is 2.37. The molecule has 2 atom stereocenters. The number of carbonyl (C=O) groups excluding carboxylic acids is 1. The molecule has 0 radical (unpaired) electrons. The van der Waals surface area contributed by atoms with Crippen LogP contribution in [-0.2, 0) is 13.5 Å². The predicted octanol–water partition coefficient (Wildman–Crippen LogP) is 4.52. The van der Waals surface area contributed by atoms with Crippen LogP contribution in [0.1, 0.15) is 17.2 Å². The van der Waals surface area contributed by atoms with Gasteiger partial charge in [-0.2, -0.15) is 0 Å². The number of amides is 2. The summed E-state index contributed by atoms with van der Waals surface area (Å²) in [6.07, 6.45) is 3.21. The van der Waals surface area contributed by atoms with Crippen LogP contribution in [0.15, 0.2) is 48.8 Å². The summed E-state index contributed by atoms with van der Waals surface area (Å²) in [5, 5.41) is 14.5. The first-order chi connectivity index (χ1) is 13.8. The maximum Gasteiger partial charge on any atom is 0.322 e. The van der Waals surface area contributed by atoms with Gasteiger partial charge in [0.1, 0.15) is 5.82 Å². The Morgan fingerprint density at radius 1 is 1.31 bits per heavy atom. The van der Waals surface area contributed by atoms with E-state index in [2.05, 4.69) is 10.3 Å². The molecule has 0 spiro atoms. The largest absolute Gasteiger partial charge is 0.390 e. The summed E-state index contributed by atoms with van der Waals surface area (Å²) >= 11 is 12.4. The van der Waals surface area contributed by atoms with Crippen LogP contribution in [0.3, 0.4) is 0 Å². The van der Waals surface area contributed by atoms with Crippen molar-refractivity contribution in [2.24, 2.45) is 7.05 Å². The lowest BCUT2D eigenvalue weighted by Gasteiger charge is -2.28. The van der Waals surface area contributed by atoms with Gasteiger partial charge in [-0.1, -0.05) is 35.3 Å². The fourth-order valence-corrected chi connectivity index (χ4v) is 4.40. The van der Waals surface area contributed by atoms with Crippen molar-refractivity contribution in [2.75, 3.05) is 12.4 Å². The summed E-state index contributed by atoms with van der Waals surface area (Å²) in [5.74, 6) is 0.805. The molecule has 2 unspecified atom stereocenters. The van der Waals surface area contributed by atoms with Crippen molar-refractivity contribution in [1.29, 1.82) is 0 Å². The first-order valence-electron chi connectivity index (χ1n) is 9.12. The van der Waals surface area contributed by atoms with E-state index < -0.39 is 12.1 Å². The first-order valence-corrected chi connectivity index (χ1v) is 9.88. The van der Waals surface area contributed by atoms with Crippen LogP contribution in [0.2, 0.25) is 10.0 Å². The van der Waals surface area contributed by atoms with E-state index in [4.69, 9.17) is 23.2 Å². The lowest BCUT2D eigenvalue weighted by molar-refractivity contribution is 0.0934. The first kappa shape index (κ1) is 19.8. The number of rotatable bonds is 3. The van der Waals surface area contributed by atoms with Crippen molar-refractivity contribution in [1.82, 2.24) is 14.5 Å². The number of nitrogens with zero attached hydrogens (tertiary/aromatic N) is 3. The predicted molar refractivity (Wildman–Crippen MR) is 114 cm³/mol. The van der Waals surface area contributed by atoms with Gasteiger partial charge in [0, 0.05) is 54.2 Å². The molecule has 0 aliphatic heterocycles. The van der Waals surface area contributed by atoms with Gasteiger partial charge < -0.3 is 19.9 Å². The number of likely N-dealkylation sites (N-methyl/N-ethyl adjacent to an activating group) is 1. The summed E-state index contributed by atoms with van der Waals surface area (Å²) in [6, 6.07) is 10.0. The average molecular weight is 431 g/mol. The fourth-order valence-electron chi connectivity index (χ4n) is 3.82. The Labute approximate surface area is 178 Å². The molecule has 8 heteroatoms. The molecule has 1 aliphatic rings. The van der Waals surface area contributed by atoms with Crippen LogP contribution < -0.4 is 5.32 Å². The van der Waals surface area contributed by atoms with Crippen LogP contribution in [0, 0.1) is 0 Å². The molecule has 6 nitrogen and oxygen atoms in total. The summed E-state index contributed by atoms with van der Waals surface area (Å²) in [6.45, 7) is 0. The standard InChI is InChI=1S/C21H20Cl2N4O2/c1-26-7-6-24-20(26)12-4-3-5-14(8-12)25-21(29)27(2)19-16-9-13(22)10-17(23)15(16)11-18(19)28/h3-10,18-19,28H,11H2,1-2H3,(H,25,29). The number of aliphatic hydroxyl groups excluding tert-OH is 1. The second-order valence-corrected chi connectivity index (χ2v) is 8.00. The molecule has 4 rings (SSSR count). The fraction of sp³-hybridized carbons (Fsp3) is 0.238. The molecule has 3 aromatic rings. The molecule has 1 aliphatic carbocycles. The highest BCUT2D eigenvalue weighted by atomic mass is 35.5. The van der Waals surface area contributed by atoms with Crippen molar-refractivity contribution in [3.05, 3.63) is 70.0 Å². The van der Waals surface area contributed by atoms with Crippen LogP contribution in [0.5, 0.6) is 0 Å². The number of fused-ring (bicyclic) bond motifs is 1. The van der Waals surface area contributed by atoms with E-state index in [1.165, 1.54) is 4.90 Å². The summed E-state index contributed by atoms with van der Waals surface area (Å²) in [5.41, 5.74) is 3.13. The van der Waals surface area contributed by atoms with Crippen molar-refractivity contribution in [2.45, 2.75) is 18.6 Å². The number of anilines is 1. The van der Waals surface area contributed by atoms with E-state index in [0.717, 1.165) is 22.5 Å². The zero-order valence-electron chi connectivity index (χ0n) is 15.9. The Hall–Kier alpha value is -2.54. The Kier molecular flexibility index (Phi) is 5.25. The number of hydrogen-bond donors (Lipinski definition) is 2. The number of aryl methyl sites for hydroxylation is 1. The summed E-state index contributed by atoms with van der Waals surface area (Å²) < 4.78 is 1.91. The molecule has 1 heterocycles. The number of aromatic nitrogens is 2. The van der Waals surface area contributed by atoms with Gasteiger partial charge >= 0.3 is 6.03 Å². The highest BCUT2D eigenvalue weighted by molar-refractivity contribution is 6.35. The number of hydrogen-bond acceptors (Lipinski definition) is 3. The Morgan fingerprint density at radius 3 is 2.83 bits per heavy atom. The average Bonchev–Trinajstić information content (AvgIpc) is 3.24. The van der Waals surface area contributed by atoms with Gasteiger partial charge in [0.05, 0.1) is 12.1 Å². The smallest absolute Gasteiger partial charge is 0.322 e. The van der Waals surface area contributed by atoms with Crippen LogP contribution >= 0.6 is 23.2 Å². The van der Waals surface area contributed by atoms with Gasteiger partial charge in [-0.05, 0) is 35.4 Å². The third-order valence-corrected chi connectivity index (χ3v) is 5.78. The Bertz CT molecular complexity index is 1080. The van der Waals surface area contributed by atoms with Crippen molar-refractivity contribution < 1.29 is 9.90 Å². The van der Waals surface area contributed by atoms with Crippen LogP contribution in [0.4, 0.5) is 10.5 Å². The Balaban J connectivity index is 1.57. The zero-order valence-corrected chi connectivity index (χ0v) is 17.4. The van der Waals surface area contributed by atoms with E-state index in [1.807, 2.05) is 42.1 Å². The topological polar surface area (TPSA) is 70.4 Å². The molecule has 150 valence electrons. The van der Waals surface area contributed by atoms with Gasteiger partial charge in [-0.3, -0.25) is 0 Å². The van der Waals surface area contributed by atoms with Gasteiger partial charge in [0.15, 0.2) is 0 Å². The van der Waals surface area contributed by atoms with Gasteiger partial charge in [-0.15, -0.1) is 0 Å². The zero-order chi connectivity index (χ0) is 20.7. The minimum absolute atomic E-state index is 0.338. The van der Waals surface area contributed by atoms with E-state index in [0.29, 0.717) is 22.2 Å². The molecule has 0 fully saturated rings. The van der Waals surface area contributed by atoms with E-state index in [-0.39, 0.29) is 6.03 Å². The number of benzene rings is 2. The molecular formula is C21H20Cl2N4O2. The van der Waals surface area contributed by atoms with Crippen LogP contribution in [0.25, 0.3) is 11.4 Å². The minimum Gasteiger partial charge on any atom is -0.390 e. The maximum atomic E-state index is 12.9.